The Balaban J connectivity index is 3.10. The van der Waals surface area contributed by atoms with Gasteiger partial charge in [0, 0.05) is 13.0 Å². The zero-order chi connectivity index (χ0) is 11.4. The van der Waals surface area contributed by atoms with E-state index in [2.05, 4.69) is 5.32 Å². The highest BCUT2D eigenvalue weighted by atomic mass is 16.1. The first-order valence-corrected chi connectivity index (χ1v) is 5.98. The summed E-state index contributed by atoms with van der Waals surface area (Å²) in [6.45, 7) is 2.24. The summed E-state index contributed by atoms with van der Waals surface area (Å²) in [5.41, 5.74) is 10.7. The third kappa shape index (κ3) is 11.3. The average molecular weight is 215 g/mol. The van der Waals surface area contributed by atoms with Crippen LogP contribution in [0.3, 0.4) is 0 Å². The van der Waals surface area contributed by atoms with Gasteiger partial charge in [0.1, 0.15) is 0 Å². The largest absolute Gasteiger partial charge is 0.356 e. The van der Waals surface area contributed by atoms with Crippen molar-refractivity contribution in [1.29, 1.82) is 0 Å². The molecular formula is C11H25N3O. The second-order valence-electron chi connectivity index (χ2n) is 3.80. The van der Waals surface area contributed by atoms with Crippen LogP contribution in [0.4, 0.5) is 0 Å². The summed E-state index contributed by atoms with van der Waals surface area (Å²) in [5.74, 6) is 0.155. The van der Waals surface area contributed by atoms with Crippen molar-refractivity contribution in [2.75, 3.05) is 19.6 Å². The third-order valence-corrected chi connectivity index (χ3v) is 2.31. The molecule has 0 heterocycles. The van der Waals surface area contributed by atoms with Crippen molar-refractivity contribution >= 4 is 5.91 Å². The molecule has 0 aromatic heterocycles. The Kier molecular flexibility index (Phi) is 11.0. The molecule has 4 heteroatoms. The van der Waals surface area contributed by atoms with Crippen LogP contribution in [0, 0.1) is 0 Å². The maximum atomic E-state index is 11.2. The fourth-order valence-corrected chi connectivity index (χ4v) is 1.37. The summed E-state index contributed by atoms with van der Waals surface area (Å²) in [6.07, 6.45) is 6.91. The summed E-state index contributed by atoms with van der Waals surface area (Å²) in [6, 6.07) is 0. The molecule has 15 heavy (non-hydrogen) atoms. The van der Waals surface area contributed by atoms with Crippen molar-refractivity contribution in [3.05, 3.63) is 0 Å². The quantitative estimate of drug-likeness (QED) is 0.470. The van der Waals surface area contributed by atoms with E-state index in [1.165, 1.54) is 6.42 Å². The van der Waals surface area contributed by atoms with E-state index >= 15 is 0 Å². The lowest BCUT2D eigenvalue weighted by Crippen LogP contribution is -2.24. The predicted molar refractivity (Wildman–Crippen MR) is 63.4 cm³/mol. The smallest absolute Gasteiger partial charge is 0.219 e. The molecule has 0 aliphatic carbocycles. The number of hydrogen-bond donors (Lipinski definition) is 3. The maximum Gasteiger partial charge on any atom is 0.219 e. The molecule has 0 aromatic carbocycles. The van der Waals surface area contributed by atoms with Crippen LogP contribution in [0.2, 0.25) is 0 Å². The molecule has 0 saturated carbocycles. The van der Waals surface area contributed by atoms with E-state index in [1.54, 1.807) is 0 Å². The Morgan fingerprint density at radius 2 is 1.47 bits per heavy atom. The van der Waals surface area contributed by atoms with Gasteiger partial charge in [-0.05, 0) is 38.8 Å². The van der Waals surface area contributed by atoms with Gasteiger partial charge in [0.15, 0.2) is 0 Å². The maximum absolute atomic E-state index is 11.2. The van der Waals surface area contributed by atoms with Gasteiger partial charge in [0.25, 0.3) is 0 Å². The minimum absolute atomic E-state index is 0.155. The second kappa shape index (κ2) is 11.5. The van der Waals surface area contributed by atoms with E-state index in [1.807, 2.05) is 0 Å². The monoisotopic (exact) mass is 215 g/mol. The van der Waals surface area contributed by atoms with E-state index in [9.17, 15) is 4.79 Å². The lowest BCUT2D eigenvalue weighted by atomic mass is 10.2. The number of carbonyl (C=O) groups is 1. The van der Waals surface area contributed by atoms with Crippen LogP contribution in [0.1, 0.15) is 44.9 Å². The third-order valence-electron chi connectivity index (χ3n) is 2.31. The Bertz CT molecular complexity index is 151. The molecule has 4 nitrogen and oxygen atoms in total. The van der Waals surface area contributed by atoms with Crippen LogP contribution in [-0.4, -0.2) is 25.5 Å². The van der Waals surface area contributed by atoms with Crippen molar-refractivity contribution in [2.24, 2.45) is 11.5 Å². The van der Waals surface area contributed by atoms with E-state index < -0.39 is 0 Å². The number of amides is 1. The van der Waals surface area contributed by atoms with Crippen LogP contribution >= 0.6 is 0 Å². The van der Waals surface area contributed by atoms with Gasteiger partial charge in [-0.25, -0.2) is 0 Å². The number of unbranched alkanes of at least 4 members (excludes halogenated alkanes) is 4. The summed E-state index contributed by atoms with van der Waals surface area (Å²) >= 11 is 0. The SMILES string of the molecule is NCCCCCCNC(=O)CCCCN. The van der Waals surface area contributed by atoms with Crippen molar-refractivity contribution < 1.29 is 4.79 Å². The van der Waals surface area contributed by atoms with Crippen LogP contribution in [0.25, 0.3) is 0 Å². The molecule has 0 fully saturated rings. The summed E-state index contributed by atoms with van der Waals surface area (Å²) in [4.78, 5) is 11.2. The Morgan fingerprint density at radius 3 is 2.13 bits per heavy atom. The van der Waals surface area contributed by atoms with E-state index in [0.29, 0.717) is 13.0 Å². The van der Waals surface area contributed by atoms with Gasteiger partial charge in [-0.1, -0.05) is 12.8 Å². The van der Waals surface area contributed by atoms with Gasteiger partial charge in [-0.15, -0.1) is 0 Å². The van der Waals surface area contributed by atoms with Crippen LogP contribution in [0.15, 0.2) is 0 Å². The zero-order valence-electron chi connectivity index (χ0n) is 9.63. The van der Waals surface area contributed by atoms with Gasteiger partial charge in [-0.2, -0.15) is 0 Å². The number of rotatable bonds is 10. The number of nitrogens with two attached hydrogens (primary N) is 2. The average Bonchev–Trinajstić information content (AvgIpc) is 2.23. The number of hydrogen-bond acceptors (Lipinski definition) is 3. The van der Waals surface area contributed by atoms with Crippen molar-refractivity contribution in [3.8, 4) is 0 Å². The minimum atomic E-state index is 0.155. The van der Waals surface area contributed by atoms with Gasteiger partial charge in [-0.3, -0.25) is 4.79 Å². The zero-order valence-corrected chi connectivity index (χ0v) is 9.63. The molecule has 90 valence electrons. The molecule has 0 aliphatic rings. The van der Waals surface area contributed by atoms with E-state index in [4.69, 9.17) is 11.5 Å². The molecule has 0 spiro atoms. The van der Waals surface area contributed by atoms with Gasteiger partial charge in [0.05, 0.1) is 0 Å². The van der Waals surface area contributed by atoms with Crippen molar-refractivity contribution in [1.82, 2.24) is 5.32 Å². The molecule has 0 aromatic rings. The molecular weight excluding hydrogens is 190 g/mol. The van der Waals surface area contributed by atoms with Crippen LogP contribution in [0.5, 0.6) is 0 Å². The molecule has 0 radical (unpaired) electrons. The van der Waals surface area contributed by atoms with Crippen LogP contribution in [-0.2, 0) is 4.79 Å². The van der Waals surface area contributed by atoms with Gasteiger partial charge >= 0.3 is 0 Å². The minimum Gasteiger partial charge on any atom is -0.356 e. The Morgan fingerprint density at radius 1 is 0.867 bits per heavy atom. The molecule has 0 unspecified atom stereocenters. The second-order valence-corrected chi connectivity index (χ2v) is 3.80. The molecule has 0 aliphatic heterocycles. The van der Waals surface area contributed by atoms with Gasteiger partial charge < -0.3 is 16.8 Å². The lowest BCUT2D eigenvalue weighted by Gasteiger charge is -2.04. The fraction of sp³-hybridized carbons (Fsp3) is 0.909. The standard InChI is InChI=1S/C11H25N3O/c12-8-4-1-2-6-10-14-11(15)7-3-5-9-13/h1-10,12-13H2,(H,14,15). The Labute approximate surface area is 92.8 Å². The predicted octanol–water partition coefficient (Wildman–Crippen LogP) is 0.751. The molecule has 5 N–H and O–H groups in total. The van der Waals surface area contributed by atoms with Gasteiger partial charge in [0.2, 0.25) is 5.91 Å². The summed E-state index contributed by atoms with van der Waals surface area (Å²) < 4.78 is 0. The number of nitrogens with one attached hydrogen (secondary N) is 1. The highest BCUT2D eigenvalue weighted by Gasteiger charge is 1.99. The number of carbonyl (C=O) groups excluding carboxylic acids is 1. The van der Waals surface area contributed by atoms with E-state index in [0.717, 1.165) is 45.2 Å². The lowest BCUT2D eigenvalue weighted by molar-refractivity contribution is -0.121. The normalized spacial score (nSPS) is 10.3. The fourth-order valence-electron chi connectivity index (χ4n) is 1.37. The molecule has 0 bridgehead atoms. The van der Waals surface area contributed by atoms with Crippen molar-refractivity contribution in [2.45, 2.75) is 44.9 Å². The molecule has 0 atom stereocenters. The first-order valence-electron chi connectivity index (χ1n) is 5.98. The van der Waals surface area contributed by atoms with Crippen molar-refractivity contribution in [3.63, 3.8) is 0 Å². The summed E-state index contributed by atoms with van der Waals surface area (Å²) in [5, 5.41) is 2.91. The first-order chi connectivity index (χ1) is 7.31. The molecule has 0 saturated heterocycles. The highest BCUT2D eigenvalue weighted by molar-refractivity contribution is 5.75. The highest BCUT2D eigenvalue weighted by Crippen LogP contribution is 1.98. The topological polar surface area (TPSA) is 81.1 Å². The molecule has 0 rings (SSSR count). The Hall–Kier alpha value is -0.610. The first kappa shape index (κ1) is 14.4. The summed E-state index contributed by atoms with van der Waals surface area (Å²) in [7, 11) is 0. The van der Waals surface area contributed by atoms with E-state index in [-0.39, 0.29) is 5.91 Å². The van der Waals surface area contributed by atoms with Crippen LogP contribution < -0.4 is 16.8 Å². The molecule has 1 amide bonds.